The van der Waals surface area contributed by atoms with Crippen molar-refractivity contribution < 1.29 is 8.42 Å². The highest BCUT2D eigenvalue weighted by Crippen LogP contribution is 2.17. The molecule has 0 saturated carbocycles. The van der Waals surface area contributed by atoms with Crippen LogP contribution in [-0.4, -0.2) is 44.7 Å². The Morgan fingerprint density at radius 1 is 1.12 bits per heavy atom. The molecule has 4 nitrogen and oxygen atoms in total. The fourth-order valence-corrected chi connectivity index (χ4v) is 4.40. The average Bonchev–Trinajstić information content (AvgIpc) is 2.29. The zero-order chi connectivity index (χ0) is 12.7. The minimum absolute atomic E-state index is 0.342. The van der Waals surface area contributed by atoms with E-state index in [1.165, 1.54) is 0 Å². The van der Waals surface area contributed by atoms with Gasteiger partial charge in [0.15, 0.2) is 0 Å². The van der Waals surface area contributed by atoms with Crippen molar-refractivity contribution in [2.75, 3.05) is 31.9 Å². The van der Waals surface area contributed by atoms with Gasteiger partial charge in [-0.25, -0.2) is 12.7 Å². The molecule has 0 aromatic heterocycles. The van der Waals surface area contributed by atoms with Gasteiger partial charge in [0, 0.05) is 13.1 Å². The number of sulfonamides is 1. The van der Waals surface area contributed by atoms with Crippen molar-refractivity contribution in [3.63, 3.8) is 0 Å². The molecule has 1 heterocycles. The summed E-state index contributed by atoms with van der Waals surface area (Å²) in [5, 5.41) is 3.27. The summed E-state index contributed by atoms with van der Waals surface area (Å²) in [4.78, 5) is 0. The number of nitrogens with zero attached hydrogens (tertiary/aromatic N) is 1. The summed E-state index contributed by atoms with van der Waals surface area (Å²) in [6.07, 6.45) is 3.77. The smallest absolute Gasteiger partial charge is 0.214 e. The van der Waals surface area contributed by atoms with E-state index in [2.05, 4.69) is 5.32 Å². The van der Waals surface area contributed by atoms with Gasteiger partial charge in [0.05, 0.1) is 5.75 Å². The molecule has 0 spiro atoms. The Kier molecular flexibility index (Phi) is 6.44. The standard InChI is InChI=1S/C12H26N2O2S/c1-3-9-14(10-4-2)17(15,16)11-12-5-7-13-8-6-12/h12-13H,3-11H2,1-2H3. The Bertz CT molecular complexity index is 292. The molecular weight excluding hydrogens is 236 g/mol. The normalized spacial score (nSPS) is 18.8. The predicted octanol–water partition coefficient (Wildman–Crippen LogP) is 1.44. The highest BCUT2D eigenvalue weighted by molar-refractivity contribution is 7.89. The summed E-state index contributed by atoms with van der Waals surface area (Å²) in [7, 11) is -3.04. The molecule has 0 aromatic rings. The molecule has 1 saturated heterocycles. The quantitative estimate of drug-likeness (QED) is 0.755. The van der Waals surface area contributed by atoms with E-state index in [4.69, 9.17) is 0 Å². The van der Waals surface area contributed by atoms with E-state index in [9.17, 15) is 8.42 Å². The molecule has 17 heavy (non-hydrogen) atoms. The van der Waals surface area contributed by atoms with Gasteiger partial charge >= 0.3 is 0 Å². The van der Waals surface area contributed by atoms with Crippen LogP contribution in [0.3, 0.4) is 0 Å². The van der Waals surface area contributed by atoms with Gasteiger partial charge < -0.3 is 5.32 Å². The largest absolute Gasteiger partial charge is 0.317 e. The second-order valence-corrected chi connectivity index (χ2v) is 6.88. The third-order valence-electron chi connectivity index (χ3n) is 3.24. The molecule has 1 aliphatic rings. The van der Waals surface area contributed by atoms with Crippen molar-refractivity contribution in [1.29, 1.82) is 0 Å². The first-order valence-electron chi connectivity index (χ1n) is 6.78. The fraction of sp³-hybridized carbons (Fsp3) is 1.00. The van der Waals surface area contributed by atoms with Crippen LogP contribution in [0, 0.1) is 5.92 Å². The van der Waals surface area contributed by atoms with Crippen LogP contribution in [0.1, 0.15) is 39.5 Å². The zero-order valence-electron chi connectivity index (χ0n) is 11.1. The van der Waals surface area contributed by atoms with E-state index in [0.29, 0.717) is 24.8 Å². The first-order valence-corrected chi connectivity index (χ1v) is 8.39. The first-order chi connectivity index (χ1) is 8.10. The lowest BCUT2D eigenvalue weighted by atomic mass is 10.0. The van der Waals surface area contributed by atoms with E-state index >= 15 is 0 Å². The summed E-state index contributed by atoms with van der Waals surface area (Å²) in [6.45, 7) is 7.32. The van der Waals surface area contributed by atoms with Gasteiger partial charge in [-0.15, -0.1) is 0 Å². The van der Waals surface area contributed by atoms with Crippen LogP contribution in [0.2, 0.25) is 0 Å². The molecule has 0 bridgehead atoms. The molecule has 0 aliphatic carbocycles. The van der Waals surface area contributed by atoms with Gasteiger partial charge in [-0.05, 0) is 44.7 Å². The van der Waals surface area contributed by atoms with Crippen LogP contribution in [0.4, 0.5) is 0 Å². The second-order valence-electron chi connectivity index (χ2n) is 4.87. The minimum atomic E-state index is -3.04. The van der Waals surface area contributed by atoms with Gasteiger partial charge in [0.1, 0.15) is 0 Å². The monoisotopic (exact) mass is 262 g/mol. The summed E-state index contributed by atoms with van der Waals surface area (Å²) in [6, 6.07) is 0. The highest BCUT2D eigenvalue weighted by atomic mass is 32.2. The minimum Gasteiger partial charge on any atom is -0.317 e. The van der Waals surface area contributed by atoms with Crippen LogP contribution < -0.4 is 5.32 Å². The summed E-state index contributed by atoms with van der Waals surface area (Å²) >= 11 is 0. The molecule has 102 valence electrons. The van der Waals surface area contributed by atoms with Crippen LogP contribution in [0.15, 0.2) is 0 Å². The average molecular weight is 262 g/mol. The van der Waals surface area contributed by atoms with Gasteiger partial charge in [0.2, 0.25) is 10.0 Å². The SMILES string of the molecule is CCCN(CCC)S(=O)(=O)CC1CCNCC1. The predicted molar refractivity (Wildman–Crippen MR) is 71.5 cm³/mol. The number of piperidine rings is 1. The Morgan fingerprint density at radius 3 is 2.12 bits per heavy atom. The Hall–Kier alpha value is -0.130. The fourth-order valence-electron chi connectivity index (χ4n) is 2.34. The van der Waals surface area contributed by atoms with Gasteiger partial charge in [-0.1, -0.05) is 13.8 Å². The van der Waals surface area contributed by atoms with Crippen molar-refractivity contribution in [3.05, 3.63) is 0 Å². The molecular formula is C12H26N2O2S. The second kappa shape index (κ2) is 7.34. The number of rotatable bonds is 7. The van der Waals surface area contributed by atoms with Crippen molar-refractivity contribution in [2.24, 2.45) is 5.92 Å². The van der Waals surface area contributed by atoms with Crippen LogP contribution >= 0.6 is 0 Å². The lowest BCUT2D eigenvalue weighted by Gasteiger charge is -2.27. The lowest BCUT2D eigenvalue weighted by Crippen LogP contribution is -2.39. The first kappa shape index (κ1) is 14.9. The summed E-state index contributed by atoms with van der Waals surface area (Å²) in [5.74, 6) is 0.687. The van der Waals surface area contributed by atoms with Crippen LogP contribution in [0.5, 0.6) is 0 Å². The maximum Gasteiger partial charge on any atom is 0.214 e. The maximum atomic E-state index is 12.3. The van der Waals surface area contributed by atoms with Crippen molar-refractivity contribution in [3.8, 4) is 0 Å². The highest BCUT2D eigenvalue weighted by Gasteiger charge is 2.25. The lowest BCUT2D eigenvalue weighted by molar-refractivity contribution is 0.374. The number of hydrogen-bond donors (Lipinski definition) is 1. The topological polar surface area (TPSA) is 49.4 Å². The molecule has 1 N–H and O–H groups in total. The molecule has 0 radical (unpaired) electrons. The Morgan fingerprint density at radius 2 is 1.65 bits per heavy atom. The molecule has 0 unspecified atom stereocenters. The summed E-state index contributed by atoms with van der Waals surface area (Å²) < 4.78 is 26.2. The van der Waals surface area contributed by atoms with E-state index in [0.717, 1.165) is 38.8 Å². The molecule has 5 heteroatoms. The Balaban J connectivity index is 2.56. The van der Waals surface area contributed by atoms with Crippen LogP contribution in [-0.2, 0) is 10.0 Å². The van der Waals surface area contributed by atoms with Gasteiger partial charge in [0.25, 0.3) is 0 Å². The Labute approximate surface area is 106 Å². The van der Waals surface area contributed by atoms with Crippen LogP contribution in [0.25, 0.3) is 0 Å². The maximum absolute atomic E-state index is 12.3. The van der Waals surface area contributed by atoms with Gasteiger partial charge in [-0.3, -0.25) is 0 Å². The molecule has 1 aliphatic heterocycles. The number of hydrogen-bond acceptors (Lipinski definition) is 3. The molecule has 1 fully saturated rings. The van der Waals surface area contributed by atoms with E-state index in [1.807, 2.05) is 13.8 Å². The molecule has 1 rings (SSSR count). The van der Waals surface area contributed by atoms with Gasteiger partial charge in [-0.2, -0.15) is 0 Å². The number of nitrogens with one attached hydrogen (secondary N) is 1. The van der Waals surface area contributed by atoms with E-state index in [1.54, 1.807) is 4.31 Å². The van der Waals surface area contributed by atoms with Crippen molar-refractivity contribution in [2.45, 2.75) is 39.5 Å². The van der Waals surface area contributed by atoms with Crippen molar-refractivity contribution in [1.82, 2.24) is 9.62 Å². The third kappa shape index (κ3) is 4.94. The van der Waals surface area contributed by atoms with E-state index in [-0.39, 0.29) is 0 Å². The zero-order valence-corrected chi connectivity index (χ0v) is 11.9. The van der Waals surface area contributed by atoms with E-state index < -0.39 is 10.0 Å². The molecule has 0 atom stereocenters. The molecule has 0 amide bonds. The third-order valence-corrected chi connectivity index (χ3v) is 5.29. The summed E-state index contributed by atoms with van der Waals surface area (Å²) in [5.41, 5.74) is 0. The molecule has 0 aromatic carbocycles. The van der Waals surface area contributed by atoms with Crippen molar-refractivity contribution >= 4 is 10.0 Å².